The number of halogens is 1. The first kappa shape index (κ1) is 19.3. The van der Waals surface area contributed by atoms with Crippen LogP contribution >= 0.6 is 11.3 Å². The monoisotopic (exact) mass is 420 g/mol. The van der Waals surface area contributed by atoms with Crippen molar-refractivity contribution in [1.29, 1.82) is 0 Å². The third-order valence-corrected chi connectivity index (χ3v) is 7.66. The molecule has 148 valence electrons. The lowest BCUT2D eigenvalue weighted by molar-refractivity contribution is 0.135. The summed E-state index contributed by atoms with van der Waals surface area (Å²) >= 11 is 1.51. The number of hydrogen-bond donors (Lipinski definition) is 0. The Bertz CT molecular complexity index is 1090. The maximum absolute atomic E-state index is 13.3. The molecule has 0 unspecified atom stereocenters. The summed E-state index contributed by atoms with van der Waals surface area (Å²) in [5.41, 5.74) is 2.53. The molecule has 3 aromatic rings. The maximum atomic E-state index is 13.3. The second-order valence-electron chi connectivity index (χ2n) is 7.00. The number of hydrogen-bond acceptors (Lipinski definition) is 5. The van der Waals surface area contributed by atoms with Gasteiger partial charge in [0.1, 0.15) is 11.9 Å². The van der Waals surface area contributed by atoms with Crippen LogP contribution in [-0.4, -0.2) is 36.9 Å². The zero-order valence-corrected chi connectivity index (χ0v) is 17.1. The molecule has 0 spiro atoms. The van der Waals surface area contributed by atoms with Crippen LogP contribution in [0.1, 0.15) is 24.0 Å². The van der Waals surface area contributed by atoms with E-state index in [-0.39, 0.29) is 11.9 Å². The van der Waals surface area contributed by atoms with Crippen LogP contribution in [0.4, 0.5) is 4.39 Å². The first-order valence-corrected chi connectivity index (χ1v) is 11.6. The van der Waals surface area contributed by atoms with Crippen molar-refractivity contribution in [2.75, 3.05) is 13.1 Å². The van der Waals surface area contributed by atoms with Crippen LogP contribution in [0.15, 0.2) is 42.5 Å². The topological polar surface area (TPSA) is 59.5 Å². The quantitative estimate of drug-likeness (QED) is 0.623. The summed E-state index contributed by atoms with van der Waals surface area (Å²) in [6.45, 7) is 2.81. The molecule has 1 aliphatic heterocycles. The van der Waals surface area contributed by atoms with Crippen molar-refractivity contribution in [2.24, 2.45) is 0 Å². The molecule has 8 heteroatoms. The van der Waals surface area contributed by atoms with Crippen molar-refractivity contribution < 1.29 is 17.5 Å². The van der Waals surface area contributed by atoms with E-state index in [1.54, 1.807) is 6.07 Å². The minimum absolute atomic E-state index is 0.0542. The van der Waals surface area contributed by atoms with Gasteiger partial charge in [-0.1, -0.05) is 35.6 Å². The fourth-order valence-corrected chi connectivity index (χ4v) is 5.93. The molecule has 1 aromatic heterocycles. The van der Waals surface area contributed by atoms with E-state index in [2.05, 4.69) is 4.98 Å². The smallest absolute Gasteiger partial charge is 0.274 e. The highest BCUT2D eigenvalue weighted by Crippen LogP contribution is 2.31. The third-order valence-electron chi connectivity index (χ3n) is 4.90. The first-order chi connectivity index (χ1) is 13.4. The van der Waals surface area contributed by atoms with E-state index in [0.29, 0.717) is 36.7 Å². The number of aromatic nitrogens is 1. The van der Waals surface area contributed by atoms with Crippen LogP contribution in [0.2, 0.25) is 0 Å². The number of benzene rings is 2. The van der Waals surface area contributed by atoms with E-state index in [9.17, 15) is 12.8 Å². The Balaban J connectivity index is 1.37. The molecule has 4 rings (SSSR count). The Labute approximate surface area is 167 Å². The fourth-order valence-electron chi connectivity index (χ4n) is 3.42. The Morgan fingerprint density at radius 1 is 1.21 bits per heavy atom. The molecule has 1 saturated heterocycles. The molecule has 0 radical (unpaired) electrons. The molecule has 0 aliphatic carbocycles. The van der Waals surface area contributed by atoms with E-state index in [1.807, 2.05) is 25.1 Å². The summed E-state index contributed by atoms with van der Waals surface area (Å²) < 4.78 is 47.2. The number of piperidine rings is 1. The lowest BCUT2D eigenvalue weighted by Crippen LogP contribution is -2.42. The molecule has 1 aliphatic rings. The molecule has 1 fully saturated rings. The van der Waals surface area contributed by atoms with Crippen molar-refractivity contribution in [3.63, 3.8) is 0 Å². The Morgan fingerprint density at radius 3 is 2.68 bits per heavy atom. The van der Waals surface area contributed by atoms with Gasteiger partial charge in [-0.05, 0) is 49.1 Å². The van der Waals surface area contributed by atoms with Gasteiger partial charge < -0.3 is 4.74 Å². The molecule has 0 amide bonds. The molecule has 2 heterocycles. The number of nitrogens with zero attached hydrogens (tertiary/aromatic N) is 2. The average Bonchev–Trinajstić information content (AvgIpc) is 3.06. The normalized spacial score (nSPS) is 16.5. The predicted molar refractivity (Wildman–Crippen MR) is 109 cm³/mol. The first-order valence-electron chi connectivity index (χ1n) is 9.16. The summed E-state index contributed by atoms with van der Waals surface area (Å²) in [5, 5.41) is 0.630. The second-order valence-corrected chi connectivity index (χ2v) is 9.97. The lowest BCUT2D eigenvalue weighted by atomic mass is 10.1. The number of fused-ring (bicyclic) bond motifs is 1. The predicted octanol–water partition coefficient (Wildman–Crippen LogP) is 4.12. The Kier molecular flexibility index (Phi) is 5.35. The number of rotatable bonds is 5. The zero-order valence-electron chi connectivity index (χ0n) is 15.5. The molecule has 0 saturated carbocycles. The zero-order chi connectivity index (χ0) is 19.7. The molecule has 0 bridgehead atoms. The highest BCUT2D eigenvalue weighted by atomic mass is 32.2. The molecule has 2 aromatic carbocycles. The van der Waals surface area contributed by atoms with Crippen molar-refractivity contribution >= 4 is 31.6 Å². The summed E-state index contributed by atoms with van der Waals surface area (Å²) in [7, 11) is -3.48. The number of para-hydroxylation sites is 1. The lowest BCUT2D eigenvalue weighted by Gasteiger charge is -2.30. The molecule has 0 atom stereocenters. The van der Waals surface area contributed by atoms with E-state index >= 15 is 0 Å². The van der Waals surface area contributed by atoms with Gasteiger partial charge in [0.05, 0.1) is 16.0 Å². The van der Waals surface area contributed by atoms with Gasteiger partial charge in [0.15, 0.2) is 0 Å². The van der Waals surface area contributed by atoms with Gasteiger partial charge in [0.2, 0.25) is 10.0 Å². The third kappa shape index (κ3) is 4.19. The largest absolute Gasteiger partial charge is 0.467 e. The maximum Gasteiger partial charge on any atom is 0.274 e. The Morgan fingerprint density at radius 2 is 1.96 bits per heavy atom. The summed E-state index contributed by atoms with van der Waals surface area (Å²) in [6.07, 6.45) is 1.16. The van der Waals surface area contributed by atoms with E-state index in [0.717, 1.165) is 15.8 Å². The molecular weight excluding hydrogens is 399 g/mol. The number of ether oxygens (including phenoxy) is 1. The van der Waals surface area contributed by atoms with Gasteiger partial charge in [-0.2, -0.15) is 0 Å². The highest BCUT2D eigenvalue weighted by Gasteiger charge is 2.29. The summed E-state index contributed by atoms with van der Waals surface area (Å²) in [5.74, 6) is -0.612. The van der Waals surface area contributed by atoms with Gasteiger partial charge in [-0.3, -0.25) is 0 Å². The number of sulfonamides is 1. The molecule has 28 heavy (non-hydrogen) atoms. The second kappa shape index (κ2) is 7.77. The van der Waals surface area contributed by atoms with Gasteiger partial charge >= 0.3 is 0 Å². The van der Waals surface area contributed by atoms with Crippen molar-refractivity contribution in [2.45, 2.75) is 31.6 Å². The highest BCUT2D eigenvalue weighted by molar-refractivity contribution is 7.88. The average molecular weight is 421 g/mol. The van der Waals surface area contributed by atoms with Crippen LogP contribution in [0.25, 0.3) is 10.2 Å². The standard InChI is InChI=1S/C20H21FN2O3S2/c1-14-4-2-7-18-19(14)22-20(27-18)26-17-8-10-23(11-9-17)28(24,25)13-15-5-3-6-16(21)12-15/h2-7,12,17H,8-11,13H2,1H3. The van der Waals surface area contributed by atoms with Crippen LogP contribution in [0.3, 0.4) is 0 Å². The van der Waals surface area contributed by atoms with Crippen LogP contribution in [0.5, 0.6) is 5.19 Å². The van der Waals surface area contributed by atoms with E-state index in [1.165, 1.54) is 33.8 Å². The van der Waals surface area contributed by atoms with Crippen molar-refractivity contribution in [3.8, 4) is 5.19 Å². The molecule has 5 nitrogen and oxygen atoms in total. The van der Waals surface area contributed by atoms with Crippen molar-refractivity contribution in [1.82, 2.24) is 9.29 Å². The van der Waals surface area contributed by atoms with Crippen LogP contribution < -0.4 is 4.74 Å². The van der Waals surface area contributed by atoms with Gasteiger partial charge in [0.25, 0.3) is 5.19 Å². The van der Waals surface area contributed by atoms with Gasteiger partial charge in [0, 0.05) is 13.1 Å². The minimum Gasteiger partial charge on any atom is -0.467 e. The fraction of sp³-hybridized carbons (Fsp3) is 0.350. The van der Waals surface area contributed by atoms with Crippen LogP contribution in [-0.2, 0) is 15.8 Å². The van der Waals surface area contributed by atoms with Crippen LogP contribution in [0, 0.1) is 12.7 Å². The SMILES string of the molecule is Cc1cccc2sc(OC3CCN(S(=O)(=O)Cc4cccc(F)c4)CC3)nc12. The van der Waals surface area contributed by atoms with Crippen molar-refractivity contribution in [3.05, 3.63) is 59.4 Å². The van der Waals surface area contributed by atoms with E-state index < -0.39 is 15.8 Å². The number of thiazole rings is 1. The summed E-state index contributed by atoms with van der Waals surface area (Å²) in [4.78, 5) is 4.57. The Hall–Kier alpha value is -2.03. The minimum atomic E-state index is -3.48. The summed E-state index contributed by atoms with van der Waals surface area (Å²) in [6, 6.07) is 11.8. The van der Waals surface area contributed by atoms with Gasteiger partial charge in [-0.25, -0.2) is 22.1 Å². The molecular formula is C20H21FN2O3S2. The number of aryl methyl sites for hydroxylation is 1. The van der Waals surface area contributed by atoms with E-state index in [4.69, 9.17) is 4.74 Å². The van der Waals surface area contributed by atoms with Gasteiger partial charge in [-0.15, -0.1) is 0 Å². The molecule has 0 N–H and O–H groups in total.